The van der Waals surface area contributed by atoms with E-state index in [0.29, 0.717) is 24.9 Å². The Bertz CT molecular complexity index is 873. The van der Waals surface area contributed by atoms with Gasteiger partial charge in [0.05, 0.1) is 5.69 Å². The summed E-state index contributed by atoms with van der Waals surface area (Å²) < 4.78 is 1.98. The Hall–Kier alpha value is -2.44. The Labute approximate surface area is 165 Å². The highest BCUT2D eigenvalue weighted by molar-refractivity contribution is 5.93. The predicted molar refractivity (Wildman–Crippen MR) is 106 cm³/mol. The standard InChI is InChI=1S/C21H29N5O2/c1-15-11-20(27)18(12-22-15)21(28)25-9-7-16(8-10-25)13-26-14-19(23-24-26)17-5-3-2-4-6-17/h11-12,14,16-17H,2-10,13H2,1H3,(H,22,27). The van der Waals surface area contributed by atoms with Gasteiger partial charge in [0.2, 0.25) is 0 Å². The van der Waals surface area contributed by atoms with Crippen LogP contribution in [0.25, 0.3) is 0 Å². The van der Waals surface area contributed by atoms with Crippen LogP contribution in [0.3, 0.4) is 0 Å². The molecule has 1 aliphatic carbocycles. The van der Waals surface area contributed by atoms with Crippen LogP contribution in [-0.2, 0) is 6.54 Å². The predicted octanol–water partition coefficient (Wildman–Crippen LogP) is 2.87. The molecule has 0 unspecified atom stereocenters. The average molecular weight is 383 g/mol. The van der Waals surface area contributed by atoms with Gasteiger partial charge >= 0.3 is 0 Å². The monoisotopic (exact) mass is 383 g/mol. The zero-order valence-electron chi connectivity index (χ0n) is 16.6. The smallest absolute Gasteiger partial charge is 0.259 e. The van der Waals surface area contributed by atoms with E-state index in [2.05, 4.69) is 21.5 Å². The highest BCUT2D eigenvalue weighted by Crippen LogP contribution is 2.31. The van der Waals surface area contributed by atoms with Gasteiger partial charge < -0.3 is 9.88 Å². The number of piperidine rings is 1. The number of pyridine rings is 1. The summed E-state index contributed by atoms with van der Waals surface area (Å²) in [6, 6.07) is 1.48. The van der Waals surface area contributed by atoms with Crippen molar-refractivity contribution >= 4 is 5.91 Å². The summed E-state index contributed by atoms with van der Waals surface area (Å²) >= 11 is 0. The van der Waals surface area contributed by atoms with E-state index in [1.165, 1.54) is 44.4 Å². The van der Waals surface area contributed by atoms with Gasteiger partial charge in [-0.25, -0.2) is 0 Å². The van der Waals surface area contributed by atoms with Crippen LogP contribution in [0.5, 0.6) is 0 Å². The van der Waals surface area contributed by atoms with Gasteiger partial charge in [0, 0.05) is 49.7 Å². The number of rotatable bonds is 4. The molecule has 2 aromatic rings. The largest absolute Gasteiger partial charge is 0.364 e. The second kappa shape index (κ2) is 8.29. The van der Waals surface area contributed by atoms with Crippen LogP contribution in [0.15, 0.2) is 23.3 Å². The highest BCUT2D eigenvalue weighted by atomic mass is 16.2. The molecule has 150 valence electrons. The molecule has 7 heteroatoms. The minimum atomic E-state index is -0.207. The molecule has 28 heavy (non-hydrogen) atoms. The molecular formula is C21H29N5O2. The minimum Gasteiger partial charge on any atom is -0.364 e. The van der Waals surface area contributed by atoms with E-state index in [9.17, 15) is 9.59 Å². The second-order valence-electron chi connectivity index (χ2n) is 8.33. The van der Waals surface area contributed by atoms with Gasteiger partial charge in [0.25, 0.3) is 5.91 Å². The van der Waals surface area contributed by atoms with Crippen LogP contribution >= 0.6 is 0 Å². The fraction of sp³-hybridized carbons (Fsp3) is 0.619. The topological polar surface area (TPSA) is 83.9 Å². The maximum Gasteiger partial charge on any atom is 0.259 e. The third-order valence-corrected chi connectivity index (χ3v) is 6.21. The summed E-state index contributed by atoms with van der Waals surface area (Å²) in [7, 11) is 0. The van der Waals surface area contributed by atoms with E-state index in [0.717, 1.165) is 30.8 Å². The summed E-state index contributed by atoms with van der Waals surface area (Å²) in [5.41, 5.74) is 1.94. The van der Waals surface area contributed by atoms with E-state index >= 15 is 0 Å². The van der Waals surface area contributed by atoms with Gasteiger partial charge in [0.15, 0.2) is 5.43 Å². The van der Waals surface area contributed by atoms with Crippen LogP contribution in [0.4, 0.5) is 0 Å². The normalized spacial score (nSPS) is 19.1. The van der Waals surface area contributed by atoms with Crippen molar-refractivity contribution in [3.8, 4) is 0 Å². The van der Waals surface area contributed by atoms with Crippen LogP contribution in [0, 0.1) is 12.8 Å². The van der Waals surface area contributed by atoms with Crippen molar-refractivity contribution in [2.75, 3.05) is 13.1 Å². The van der Waals surface area contributed by atoms with Crippen molar-refractivity contribution < 1.29 is 4.79 Å². The maximum atomic E-state index is 12.7. The molecule has 2 fully saturated rings. The van der Waals surface area contributed by atoms with Gasteiger partial charge in [-0.05, 0) is 38.5 Å². The highest BCUT2D eigenvalue weighted by Gasteiger charge is 2.26. The van der Waals surface area contributed by atoms with E-state index in [-0.39, 0.29) is 16.9 Å². The summed E-state index contributed by atoms with van der Waals surface area (Å²) in [4.78, 5) is 29.5. The first kappa shape index (κ1) is 18.9. The molecule has 0 spiro atoms. The van der Waals surface area contributed by atoms with Gasteiger partial charge in [0.1, 0.15) is 5.56 Å². The van der Waals surface area contributed by atoms with Crippen molar-refractivity contribution in [3.05, 3.63) is 45.6 Å². The molecule has 2 aromatic heterocycles. The molecule has 3 heterocycles. The molecular weight excluding hydrogens is 354 g/mol. The first-order valence-corrected chi connectivity index (χ1v) is 10.5. The van der Waals surface area contributed by atoms with E-state index < -0.39 is 0 Å². The summed E-state index contributed by atoms with van der Waals surface area (Å²) in [5.74, 6) is 0.899. The number of nitrogens with one attached hydrogen (secondary N) is 1. The maximum absolute atomic E-state index is 12.7. The Kier molecular flexibility index (Phi) is 5.59. The van der Waals surface area contributed by atoms with Crippen molar-refractivity contribution in [2.24, 2.45) is 5.92 Å². The number of nitrogens with zero attached hydrogens (tertiary/aromatic N) is 4. The SMILES string of the molecule is Cc1cc(=O)c(C(=O)N2CCC(Cn3cc(C4CCCCC4)nn3)CC2)c[nH]1. The average Bonchev–Trinajstić information content (AvgIpc) is 3.17. The minimum absolute atomic E-state index is 0.167. The van der Waals surface area contributed by atoms with Gasteiger partial charge in [-0.15, -0.1) is 5.10 Å². The lowest BCUT2D eigenvalue weighted by Crippen LogP contribution is -2.41. The lowest BCUT2D eigenvalue weighted by molar-refractivity contribution is 0.0679. The van der Waals surface area contributed by atoms with Crippen LogP contribution in [-0.4, -0.2) is 43.9 Å². The Balaban J connectivity index is 1.31. The van der Waals surface area contributed by atoms with E-state index in [1.807, 2.05) is 11.6 Å². The number of aryl methyl sites for hydroxylation is 1. The zero-order chi connectivity index (χ0) is 19.5. The Morgan fingerprint density at radius 3 is 2.64 bits per heavy atom. The van der Waals surface area contributed by atoms with Gasteiger partial charge in [-0.3, -0.25) is 14.3 Å². The Morgan fingerprint density at radius 1 is 1.18 bits per heavy atom. The molecule has 0 radical (unpaired) electrons. The van der Waals surface area contributed by atoms with Crippen molar-refractivity contribution in [1.29, 1.82) is 0 Å². The number of hydrogen-bond acceptors (Lipinski definition) is 4. The number of carbonyl (C=O) groups excluding carboxylic acids is 1. The summed E-state index contributed by atoms with van der Waals surface area (Å²) in [6.45, 7) is 4.03. The molecule has 0 atom stereocenters. The lowest BCUT2D eigenvalue weighted by Gasteiger charge is -2.31. The van der Waals surface area contributed by atoms with Crippen LogP contribution < -0.4 is 5.43 Å². The first-order valence-electron chi connectivity index (χ1n) is 10.5. The molecule has 7 nitrogen and oxygen atoms in total. The molecule has 1 amide bonds. The first-order chi connectivity index (χ1) is 13.6. The number of aromatic nitrogens is 4. The number of likely N-dealkylation sites (tertiary alicyclic amines) is 1. The van der Waals surface area contributed by atoms with Crippen LogP contribution in [0.1, 0.15) is 72.6 Å². The number of hydrogen-bond donors (Lipinski definition) is 1. The molecule has 0 aromatic carbocycles. The second-order valence-corrected chi connectivity index (χ2v) is 8.33. The van der Waals surface area contributed by atoms with Crippen molar-refractivity contribution in [3.63, 3.8) is 0 Å². The molecule has 1 N–H and O–H groups in total. The van der Waals surface area contributed by atoms with E-state index in [1.54, 1.807) is 4.90 Å². The summed E-state index contributed by atoms with van der Waals surface area (Å²) in [5, 5.41) is 8.76. The number of H-pyrrole nitrogens is 1. The van der Waals surface area contributed by atoms with Crippen molar-refractivity contribution in [2.45, 2.75) is 64.3 Å². The molecule has 4 rings (SSSR count). The van der Waals surface area contributed by atoms with Gasteiger partial charge in [-0.1, -0.05) is 24.5 Å². The van der Waals surface area contributed by atoms with Crippen molar-refractivity contribution in [1.82, 2.24) is 24.9 Å². The molecule has 1 saturated heterocycles. The third kappa shape index (κ3) is 4.18. The zero-order valence-corrected chi connectivity index (χ0v) is 16.6. The number of carbonyl (C=O) groups is 1. The lowest BCUT2D eigenvalue weighted by atomic mass is 9.87. The molecule has 2 aliphatic rings. The Morgan fingerprint density at radius 2 is 1.93 bits per heavy atom. The fourth-order valence-electron chi connectivity index (χ4n) is 4.48. The quantitative estimate of drug-likeness (QED) is 0.880. The number of aromatic amines is 1. The van der Waals surface area contributed by atoms with E-state index in [4.69, 9.17) is 0 Å². The molecule has 0 bridgehead atoms. The molecule has 1 saturated carbocycles. The number of amides is 1. The summed E-state index contributed by atoms with van der Waals surface area (Å²) in [6.07, 6.45) is 11.9. The molecule has 1 aliphatic heterocycles. The fourth-order valence-corrected chi connectivity index (χ4v) is 4.48. The third-order valence-electron chi connectivity index (χ3n) is 6.21. The van der Waals surface area contributed by atoms with Gasteiger partial charge in [-0.2, -0.15) is 0 Å². The van der Waals surface area contributed by atoms with Crippen LogP contribution in [0.2, 0.25) is 0 Å².